The lowest BCUT2D eigenvalue weighted by Gasteiger charge is -2.19. The van der Waals surface area contributed by atoms with Gasteiger partial charge in [-0.05, 0) is 38.0 Å². The van der Waals surface area contributed by atoms with Crippen LogP contribution in [-0.4, -0.2) is 25.9 Å². The van der Waals surface area contributed by atoms with Crippen LogP contribution >= 0.6 is 23.2 Å². The molecule has 2 atom stereocenters. The van der Waals surface area contributed by atoms with Gasteiger partial charge >= 0.3 is 0 Å². The number of hydrogen-bond donors (Lipinski definition) is 1. The maximum Gasteiger partial charge on any atom is 0.141 e. The van der Waals surface area contributed by atoms with E-state index in [2.05, 4.69) is 0 Å². The second-order valence-electron chi connectivity index (χ2n) is 4.77. The summed E-state index contributed by atoms with van der Waals surface area (Å²) in [6.45, 7) is 4.57. The molecular weight excluding hydrogens is 285 g/mol. The maximum absolute atomic E-state index is 6.21. The largest absolute Gasteiger partial charge is 0.489 e. The summed E-state index contributed by atoms with van der Waals surface area (Å²) < 4.78 is 10.9. The molecule has 3 nitrogen and oxygen atoms in total. The highest BCUT2D eigenvalue weighted by Crippen LogP contribution is 2.34. The summed E-state index contributed by atoms with van der Waals surface area (Å²) in [5, 5.41) is 1.12. The summed E-state index contributed by atoms with van der Waals surface area (Å²) >= 11 is 12.2. The average Bonchev–Trinajstić information content (AvgIpc) is 2.30. The molecule has 0 aliphatic heterocycles. The Bertz CT molecular complexity index is 411. The molecule has 0 fully saturated rings. The van der Waals surface area contributed by atoms with Gasteiger partial charge in [-0.25, -0.2) is 0 Å². The van der Waals surface area contributed by atoms with Crippen LogP contribution in [0.15, 0.2) is 12.1 Å². The molecule has 0 amide bonds. The van der Waals surface area contributed by atoms with Gasteiger partial charge in [0.05, 0.1) is 11.1 Å². The van der Waals surface area contributed by atoms with Crippen molar-refractivity contribution in [3.05, 3.63) is 27.7 Å². The van der Waals surface area contributed by atoms with E-state index in [9.17, 15) is 0 Å². The first-order valence-electron chi connectivity index (χ1n) is 6.33. The van der Waals surface area contributed by atoms with Crippen molar-refractivity contribution in [2.75, 3.05) is 13.7 Å². The fourth-order valence-corrected chi connectivity index (χ4v) is 2.37. The molecule has 0 heterocycles. The van der Waals surface area contributed by atoms with Gasteiger partial charge in [0.25, 0.3) is 0 Å². The van der Waals surface area contributed by atoms with Gasteiger partial charge in [0.15, 0.2) is 0 Å². The fourth-order valence-electron chi connectivity index (χ4n) is 1.79. The number of halogens is 2. The molecule has 2 unspecified atom stereocenters. The third-order valence-corrected chi connectivity index (χ3v) is 3.17. The van der Waals surface area contributed by atoms with Crippen LogP contribution in [0.25, 0.3) is 0 Å². The zero-order valence-corrected chi connectivity index (χ0v) is 13.1. The third-order valence-electron chi connectivity index (χ3n) is 2.67. The van der Waals surface area contributed by atoms with Crippen LogP contribution in [0.4, 0.5) is 0 Å². The van der Waals surface area contributed by atoms with Crippen molar-refractivity contribution in [1.82, 2.24) is 0 Å². The minimum absolute atomic E-state index is 0.0189. The molecule has 1 aromatic rings. The summed E-state index contributed by atoms with van der Waals surface area (Å²) in [6.07, 6.45) is 1.49. The smallest absolute Gasteiger partial charge is 0.141 e. The van der Waals surface area contributed by atoms with E-state index in [1.54, 1.807) is 13.2 Å². The molecule has 0 aromatic heterocycles. The van der Waals surface area contributed by atoms with Gasteiger partial charge in [0.1, 0.15) is 5.75 Å². The van der Waals surface area contributed by atoms with Crippen molar-refractivity contribution in [3.63, 3.8) is 0 Å². The predicted molar refractivity (Wildman–Crippen MR) is 80.4 cm³/mol. The van der Waals surface area contributed by atoms with Gasteiger partial charge in [0.2, 0.25) is 0 Å². The highest BCUT2D eigenvalue weighted by atomic mass is 35.5. The molecule has 2 N–H and O–H groups in total. The number of methoxy groups -OCH3 is 1. The van der Waals surface area contributed by atoms with Crippen LogP contribution in [0.5, 0.6) is 5.75 Å². The molecule has 108 valence electrons. The van der Waals surface area contributed by atoms with Crippen LogP contribution in [0.1, 0.15) is 25.8 Å². The summed E-state index contributed by atoms with van der Waals surface area (Å²) in [7, 11) is 1.67. The van der Waals surface area contributed by atoms with E-state index in [-0.39, 0.29) is 12.1 Å². The molecule has 0 saturated heterocycles. The minimum Gasteiger partial charge on any atom is -0.489 e. The van der Waals surface area contributed by atoms with E-state index in [4.69, 9.17) is 38.4 Å². The third kappa shape index (κ3) is 5.57. The van der Waals surface area contributed by atoms with Gasteiger partial charge in [0, 0.05) is 31.2 Å². The Kier molecular flexibility index (Phi) is 6.94. The molecular formula is C14H21Cl2NO2. The Morgan fingerprint density at radius 3 is 2.53 bits per heavy atom. The second-order valence-corrected chi connectivity index (χ2v) is 5.61. The summed E-state index contributed by atoms with van der Waals surface area (Å²) in [4.78, 5) is 0. The van der Waals surface area contributed by atoms with E-state index in [0.717, 1.165) is 12.0 Å². The number of rotatable bonds is 7. The Morgan fingerprint density at radius 1 is 1.26 bits per heavy atom. The molecule has 0 aliphatic rings. The van der Waals surface area contributed by atoms with Crippen LogP contribution < -0.4 is 10.5 Å². The molecule has 1 aromatic carbocycles. The Balaban J connectivity index is 2.90. The summed E-state index contributed by atoms with van der Waals surface area (Å²) in [6, 6.07) is 3.56. The van der Waals surface area contributed by atoms with E-state index in [0.29, 0.717) is 28.8 Å². The molecule has 19 heavy (non-hydrogen) atoms. The van der Waals surface area contributed by atoms with E-state index < -0.39 is 0 Å². The Labute approximate surface area is 125 Å². The zero-order valence-electron chi connectivity index (χ0n) is 11.6. The maximum atomic E-state index is 6.21. The highest BCUT2D eigenvalue weighted by molar-refractivity contribution is 6.35. The van der Waals surface area contributed by atoms with E-state index >= 15 is 0 Å². The minimum atomic E-state index is 0.0189. The van der Waals surface area contributed by atoms with Crippen molar-refractivity contribution >= 4 is 23.2 Å². The summed E-state index contributed by atoms with van der Waals surface area (Å²) in [5.74, 6) is 0.673. The second kappa shape index (κ2) is 7.95. The molecule has 1 rings (SSSR count). The molecule has 5 heteroatoms. The molecule has 0 aliphatic carbocycles. The Hall–Kier alpha value is -0.480. The first kappa shape index (κ1) is 16.6. The van der Waals surface area contributed by atoms with Crippen molar-refractivity contribution in [2.24, 2.45) is 5.73 Å². The van der Waals surface area contributed by atoms with E-state index in [1.165, 1.54) is 0 Å². The van der Waals surface area contributed by atoms with Gasteiger partial charge in [-0.3, -0.25) is 0 Å². The molecule has 0 radical (unpaired) electrons. The average molecular weight is 306 g/mol. The number of benzene rings is 1. The molecule has 0 saturated carbocycles. The lowest BCUT2D eigenvalue weighted by atomic mass is 10.1. The Morgan fingerprint density at radius 2 is 1.95 bits per heavy atom. The van der Waals surface area contributed by atoms with Gasteiger partial charge in [-0.2, -0.15) is 0 Å². The summed E-state index contributed by atoms with van der Waals surface area (Å²) in [5.41, 5.74) is 6.78. The fraction of sp³-hybridized carbons (Fsp3) is 0.571. The SMILES string of the molecule is COCCC(C)Oc1c(Cl)cc(Cl)cc1CC(C)N. The number of hydrogen-bond acceptors (Lipinski definition) is 3. The quantitative estimate of drug-likeness (QED) is 0.835. The van der Waals surface area contributed by atoms with Crippen LogP contribution in [0.3, 0.4) is 0 Å². The zero-order chi connectivity index (χ0) is 14.4. The molecule has 0 spiro atoms. The number of ether oxygens (including phenoxy) is 2. The lowest BCUT2D eigenvalue weighted by molar-refractivity contribution is 0.134. The standard InChI is InChI=1S/C14H21Cl2NO2/c1-9(17)6-11-7-12(15)8-13(16)14(11)19-10(2)4-5-18-3/h7-10H,4-6,17H2,1-3H3. The normalized spacial score (nSPS) is 14.2. The first-order chi connectivity index (χ1) is 8.93. The highest BCUT2D eigenvalue weighted by Gasteiger charge is 2.15. The van der Waals surface area contributed by atoms with Crippen LogP contribution in [0, 0.1) is 0 Å². The van der Waals surface area contributed by atoms with Crippen LogP contribution in [-0.2, 0) is 11.2 Å². The topological polar surface area (TPSA) is 44.5 Å². The van der Waals surface area contributed by atoms with Gasteiger partial charge in [-0.15, -0.1) is 0 Å². The van der Waals surface area contributed by atoms with E-state index in [1.807, 2.05) is 19.9 Å². The van der Waals surface area contributed by atoms with Gasteiger partial charge in [-0.1, -0.05) is 23.2 Å². The predicted octanol–water partition coefficient (Wildman–Crippen LogP) is 3.69. The van der Waals surface area contributed by atoms with Crippen LogP contribution in [0.2, 0.25) is 10.0 Å². The lowest BCUT2D eigenvalue weighted by Crippen LogP contribution is -2.20. The van der Waals surface area contributed by atoms with Crippen molar-refractivity contribution in [1.29, 1.82) is 0 Å². The number of nitrogens with two attached hydrogens (primary N) is 1. The van der Waals surface area contributed by atoms with Crippen molar-refractivity contribution in [2.45, 2.75) is 38.8 Å². The molecule has 0 bridgehead atoms. The first-order valence-corrected chi connectivity index (χ1v) is 7.08. The van der Waals surface area contributed by atoms with Crippen molar-refractivity contribution in [3.8, 4) is 5.75 Å². The van der Waals surface area contributed by atoms with Gasteiger partial charge < -0.3 is 15.2 Å². The van der Waals surface area contributed by atoms with Crippen molar-refractivity contribution < 1.29 is 9.47 Å². The monoisotopic (exact) mass is 305 g/mol.